The second-order valence-corrected chi connectivity index (χ2v) is 3.98. The van der Waals surface area contributed by atoms with Crippen molar-refractivity contribution in [3.05, 3.63) is 36.4 Å². The summed E-state index contributed by atoms with van der Waals surface area (Å²) in [5.74, 6) is -3.09. The van der Waals surface area contributed by atoms with Crippen LogP contribution in [0.25, 0.3) is 0 Å². The summed E-state index contributed by atoms with van der Waals surface area (Å²) in [5, 5.41) is 28.3. The number of allylic oxidation sites excluding steroid dienone is 1. The van der Waals surface area contributed by atoms with Gasteiger partial charge in [0.15, 0.2) is 0 Å². The average molecular weight is 268 g/mol. The Morgan fingerprint density at radius 1 is 1.42 bits per heavy atom. The zero-order valence-electron chi connectivity index (χ0n) is 10.6. The molecule has 0 fully saturated rings. The van der Waals surface area contributed by atoms with Crippen molar-refractivity contribution in [3.63, 3.8) is 0 Å². The van der Waals surface area contributed by atoms with Gasteiger partial charge in [0.25, 0.3) is 6.29 Å². The zero-order chi connectivity index (χ0) is 14.5. The highest BCUT2D eigenvalue weighted by molar-refractivity contribution is 5.81. The fraction of sp³-hybridized carbons (Fsp3) is 0.308. The fourth-order valence-electron chi connectivity index (χ4n) is 1.21. The van der Waals surface area contributed by atoms with Crippen LogP contribution in [0.1, 0.15) is 13.8 Å². The van der Waals surface area contributed by atoms with Crippen molar-refractivity contribution in [1.29, 1.82) is 0 Å². The summed E-state index contributed by atoms with van der Waals surface area (Å²) in [5.41, 5.74) is 0. The normalized spacial score (nSPS) is 13.3. The number of carbonyl (C=O) groups is 1. The topological polar surface area (TPSA) is 96.2 Å². The number of carbonyl (C=O) groups excluding carboxylic acids is 1. The first kappa shape index (κ1) is 15.0. The molecule has 3 N–H and O–H groups in total. The number of aromatic hydroxyl groups is 1. The molecule has 0 saturated heterocycles. The lowest BCUT2D eigenvalue weighted by atomic mass is 10.3. The third-order valence-corrected chi connectivity index (χ3v) is 2.03. The first-order chi connectivity index (χ1) is 8.82. The molecule has 1 aromatic rings. The van der Waals surface area contributed by atoms with Gasteiger partial charge < -0.3 is 24.8 Å². The average Bonchev–Trinajstić information content (AvgIpc) is 2.27. The third-order valence-electron chi connectivity index (χ3n) is 2.03. The van der Waals surface area contributed by atoms with Crippen molar-refractivity contribution in [2.75, 3.05) is 0 Å². The van der Waals surface area contributed by atoms with Crippen LogP contribution in [0.15, 0.2) is 36.4 Å². The highest BCUT2D eigenvalue weighted by Crippen LogP contribution is 2.22. The van der Waals surface area contributed by atoms with E-state index in [0.717, 1.165) is 13.0 Å². The molecular weight excluding hydrogens is 252 g/mol. The highest BCUT2D eigenvalue weighted by atomic mass is 16.7. The van der Waals surface area contributed by atoms with Gasteiger partial charge in [-0.25, -0.2) is 4.79 Å². The van der Waals surface area contributed by atoms with E-state index in [2.05, 4.69) is 0 Å². The van der Waals surface area contributed by atoms with E-state index in [1.807, 2.05) is 0 Å². The number of phenolic OH excluding ortho intramolecular Hbond substituents is 1. The monoisotopic (exact) mass is 268 g/mol. The Morgan fingerprint density at radius 2 is 2.11 bits per heavy atom. The molecule has 0 bridgehead atoms. The van der Waals surface area contributed by atoms with Crippen molar-refractivity contribution < 1.29 is 29.6 Å². The van der Waals surface area contributed by atoms with Gasteiger partial charge in [0, 0.05) is 12.1 Å². The molecule has 0 aliphatic heterocycles. The molecular formula is C13H16O6. The Kier molecular flexibility index (Phi) is 4.91. The molecule has 0 radical (unpaired) electrons. The van der Waals surface area contributed by atoms with E-state index in [0.29, 0.717) is 0 Å². The predicted molar refractivity (Wildman–Crippen MR) is 66.3 cm³/mol. The Balaban J connectivity index is 2.84. The lowest BCUT2D eigenvalue weighted by Gasteiger charge is -2.27. The second kappa shape index (κ2) is 6.21. The zero-order valence-corrected chi connectivity index (χ0v) is 10.6. The van der Waals surface area contributed by atoms with Crippen LogP contribution in [0.4, 0.5) is 0 Å². The number of ether oxygens (including phenoxy) is 2. The Morgan fingerprint density at radius 3 is 2.63 bits per heavy atom. The van der Waals surface area contributed by atoms with Gasteiger partial charge in [-0.1, -0.05) is 12.1 Å². The van der Waals surface area contributed by atoms with Crippen LogP contribution in [0, 0.1) is 0 Å². The summed E-state index contributed by atoms with van der Waals surface area (Å²) in [6.07, 6.45) is 0.933. The van der Waals surface area contributed by atoms with E-state index in [-0.39, 0.29) is 11.5 Å². The van der Waals surface area contributed by atoms with E-state index in [1.165, 1.54) is 30.3 Å². The van der Waals surface area contributed by atoms with Crippen molar-refractivity contribution >= 4 is 5.97 Å². The minimum atomic E-state index is -2.39. The van der Waals surface area contributed by atoms with E-state index in [9.17, 15) is 20.1 Å². The smallest absolute Gasteiger partial charge is 0.333 e. The molecule has 0 saturated carbocycles. The van der Waals surface area contributed by atoms with Crippen molar-refractivity contribution in [1.82, 2.24) is 0 Å². The van der Waals surface area contributed by atoms with Crippen molar-refractivity contribution in [3.8, 4) is 11.5 Å². The van der Waals surface area contributed by atoms with Crippen LogP contribution in [0.2, 0.25) is 0 Å². The molecule has 0 spiro atoms. The van der Waals surface area contributed by atoms with E-state index in [4.69, 9.17) is 9.47 Å². The van der Waals surface area contributed by atoms with Gasteiger partial charge in [-0.05, 0) is 26.0 Å². The number of esters is 1. The van der Waals surface area contributed by atoms with Crippen LogP contribution in [0.3, 0.4) is 0 Å². The van der Waals surface area contributed by atoms with Gasteiger partial charge in [-0.2, -0.15) is 0 Å². The van der Waals surface area contributed by atoms with Crippen LogP contribution >= 0.6 is 0 Å². The van der Waals surface area contributed by atoms with Gasteiger partial charge in [-0.3, -0.25) is 0 Å². The van der Waals surface area contributed by atoms with Gasteiger partial charge >= 0.3 is 5.97 Å². The molecule has 0 heterocycles. The maximum atomic E-state index is 11.3. The van der Waals surface area contributed by atoms with Crippen LogP contribution < -0.4 is 4.74 Å². The molecule has 1 rings (SSSR count). The lowest BCUT2D eigenvalue weighted by molar-refractivity contribution is -0.274. The largest absolute Gasteiger partial charge is 0.508 e. The molecule has 0 aliphatic carbocycles. The summed E-state index contributed by atoms with van der Waals surface area (Å²) in [6.45, 7) is 2.63. The molecule has 0 aliphatic rings. The molecule has 1 atom stereocenters. The number of hydrogen-bond acceptors (Lipinski definition) is 6. The quantitative estimate of drug-likeness (QED) is 0.417. The van der Waals surface area contributed by atoms with E-state index in [1.54, 1.807) is 6.92 Å². The Labute approximate surface area is 110 Å². The third kappa shape index (κ3) is 4.99. The second-order valence-electron chi connectivity index (χ2n) is 3.98. The van der Waals surface area contributed by atoms with Gasteiger partial charge in [-0.15, -0.1) is 0 Å². The molecule has 1 aromatic carbocycles. The SMILES string of the molecule is C/C=C/C(=O)OC(Oc1cccc(O)c1)C(C)(O)O. The maximum absolute atomic E-state index is 11.3. The summed E-state index contributed by atoms with van der Waals surface area (Å²) >= 11 is 0. The first-order valence-corrected chi connectivity index (χ1v) is 5.56. The van der Waals surface area contributed by atoms with Crippen molar-refractivity contribution in [2.24, 2.45) is 0 Å². The number of rotatable bonds is 5. The molecule has 0 aromatic heterocycles. The number of benzene rings is 1. The summed E-state index contributed by atoms with van der Waals surface area (Å²) in [7, 11) is 0. The lowest BCUT2D eigenvalue weighted by Crippen LogP contribution is -2.45. The van der Waals surface area contributed by atoms with Gasteiger partial charge in [0.2, 0.25) is 5.79 Å². The van der Waals surface area contributed by atoms with Gasteiger partial charge in [0.1, 0.15) is 11.5 Å². The summed E-state index contributed by atoms with van der Waals surface area (Å²) in [6, 6.07) is 5.65. The van der Waals surface area contributed by atoms with E-state index < -0.39 is 18.0 Å². The highest BCUT2D eigenvalue weighted by Gasteiger charge is 2.34. The molecule has 6 heteroatoms. The van der Waals surface area contributed by atoms with Crippen LogP contribution in [0.5, 0.6) is 11.5 Å². The first-order valence-electron chi connectivity index (χ1n) is 5.56. The van der Waals surface area contributed by atoms with Crippen LogP contribution in [-0.4, -0.2) is 33.4 Å². The fourth-order valence-corrected chi connectivity index (χ4v) is 1.21. The maximum Gasteiger partial charge on any atom is 0.333 e. The van der Waals surface area contributed by atoms with Crippen LogP contribution in [-0.2, 0) is 9.53 Å². The minimum Gasteiger partial charge on any atom is -0.508 e. The number of phenols is 1. The molecule has 0 amide bonds. The number of hydrogen-bond donors (Lipinski definition) is 3. The van der Waals surface area contributed by atoms with Crippen molar-refractivity contribution in [2.45, 2.75) is 25.9 Å². The summed E-state index contributed by atoms with van der Waals surface area (Å²) in [4.78, 5) is 11.3. The molecule has 104 valence electrons. The molecule has 19 heavy (non-hydrogen) atoms. The minimum absolute atomic E-state index is 0.0615. The molecule has 6 nitrogen and oxygen atoms in total. The van der Waals surface area contributed by atoms with Gasteiger partial charge in [0.05, 0.1) is 0 Å². The molecule has 1 unspecified atom stereocenters. The summed E-state index contributed by atoms with van der Waals surface area (Å²) < 4.78 is 9.91. The number of aliphatic hydroxyl groups is 2. The Bertz CT molecular complexity index is 460. The Hall–Kier alpha value is -2.05. The van der Waals surface area contributed by atoms with E-state index >= 15 is 0 Å². The standard InChI is InChI=1S/C13H16O6/c1-3-5-11(15)19-12(13(2,16)17)18-10-7-4-6-9(14)8-10/h3-8,12,14,16-17H,1-2H3/b5-3+. The predicted octanol–water partition coefficient (Wildman–Crippen LogP) is 0.917.